The van der Waals surface area contributed by atoms with Crippen molar-refractivity contribution in [3.8, 4) is 11.4 Å². The van der Waals surface area contributed by atoms with E-state index in [-0.39, 0.29) is 10.8 Å². The summed E-state index contributed by atoms with van der Waals surface area (Å²) < 4.78 is 4.13. The number of aryl methyl sites for hydroxylation is 2. The Morgan fingerprint density at radius 2 is 0.894 bits per heavy atom. The molecular formula is C42H43N5. The Kier molecular flexibility index (Phi) is 7.31. The Hall–Kier alpha value is -5.16. The SMILES string of the molecule is Cc1cc(N(c2cc(C(C)(C)C)cc(C(C)(C)C)c2)c2cc(C)n(-c3cccc4ccccc34)n2)nn1-c1cccc2ccccc12. The van der Waals surface area contributed by atoms with Crippen molar-refractivity contribution in [3.63, 3.8) is 0 Å². The van der Waals surface area contributed by atoms with Crippen molar-refractivity contribution in [2.45, 2.75) is 66.2 Å². The first kappa shape index (κ1) is 30.5. The summed E-state index contributed by atoms with van der Waals surface area (Å²) in [6, 6.07) is 41.1. The maximum Gasteiger partial charge on any atom is 0.161 e. The fourth-order valence-corrected chi connectivity index (χ4v) is 6.40. The van der Waals surface area contributed by atoms with Crippen LogP contribution in [0.1, 0.15) is 64.1 Å². The van der Waals surface area contributed by atoms with Gasteiger partial charge in [0.25, 0.3) is 0 Å². The summed E-state index contributed by atoms with van der Waals surface area (Å²) in [5, 5.41) is 15.4. The normalized spacial score (nSPS) is 12.3. The molecule has 2 aromatic heterocycles. The van der Waals surface area contributed by atoms with Crippen LogP contribution >= 0.6 is 0 Å². The van der Waals surface area contributed by atoms with Gasteiger partial charge in [0.15, 0.2) is 11.6 Å². The predicted molar refractivity (Wildman–Crippen MR) is 197 cm³/mol. The third-order valence-corrected chi connectivity index (χ3v) is 9.10. The molecular weight excluding hydrogens is 574 g/mol. The van der Waals surface area contributed by atoms with Crippen LogP contribution in [0.2, 0.25) is 0 Å². The number of benzene rings is 5. The minimum Gasteiger partial charge on any atom is -0.276 e. The molecule has 0 aliphatic rings. The number of rotatable bonds is 5. The van der Waals surface area contributed by atoms with Gasteiger partial charge in [-0.15, -0.1) is 10.2 Å². The Balaban J connectivity index is 1.47. The lowest BCUT2D eigenvalue weighted by Crippen LogP contribution is -2.19. The molecule has 2 heterocycles. The maximum atomic E-state index is 5.32. The highest BCUT2D eigenvalue weighted by molar-refractivity contribution is 5.91. The summed E-state index contributed by atoms with van der Waals surface area (Å²) in [6.07, 6.45) is 0. The molecule has 0 spiro atoms. The first-order valence-electron chi connectivity index (χ1n) is 16.4. The highest BCUT2D eigenvalue weighted by Crippen LogP contribution is 2.40. The molecule has 0 aliphatic carbocycles. The van der Waals surface area contributed by atoms with Crippen LogP contribution in [0, 0.1) is 13.8 Å². The van der Waals surface area contributed by atoms with E-state index in [1.54, 1.807) is 0 Å². The van der Waals surface area contributed by atoms with E-state index in [1.807, 2.05) is 0 Å². The zero-order valence-electron chi connectivity index (χ0n) is 28.7. The third-order valence-electron chi connectivity index (χ3n) is 9.10. The van der Waals surface area contributed by atoms with Crippen molar-refractivity contribution in [1.29, 1.82) is 0 Å². The molecule has 0 atom stereocenters. The molecule has 0 unspecified atom stereocenters. The summed E-state index contributed by atoms with van der Waals surface area (Å²) in [7, 11) is 0. The Bertz CT molecular complexity index is 2090. The smallest absolute Gasteiger partial charge is 0.161 e. The first-order chi connectivity index (χ1) is 22.4. The van der Waals surface area contributed by atoms with Crippen molar-refractivity contribution >= 4 is 38.9 Å². The van der Waals surface area contributed by atoms with E-state index in [1.165, 1.54) is 32.7 Å². The van der Waals surface area contributed by atoms with Gasteiger partial charge in [0, 0.05) is 40.0 Å². The maximum absolute atomic E-state index is 5.32. The van der Waals surface area contributed by atoms with Crippen LogP contribution in [0.15, 0.2) is 115 Å². The molecule has 0 saturated heterocycles. The standard InChI is InChI=1S/C42H43N5/c1-28-23-39(43-46(28)37-21-13-17-30-15-9-11-19-35(30)37)45(34-26-32(41(3,4)5)25-33(27-34)42(6,7)8)40-24-29(2)47(44-40)38-22-14-18-31-16-10-12-20-36(31)38/h9-27H,1-8H3. The molecule has 5 nitrogen and oxygen atoms in total. The molecule has 236 valence electrons. The summed E-state index contributed by atoms with van der Waals surface area (Å²) in [6.45, 7) is 17.9. The van der Waals surface area contributed by atoms with Crippen LogP contribution in [0.4, 0.5) is 17.3 Å². The molecule has 0 aliphatic heterocycles. The van der Waals surface area contributed by atoms with Crippen molar-refractivity contribution in [3.05, 3.63) is 138 Å². The largest absolute Gasteiger partial charge is 0.276 e. The Morgan fingerprint density at radius 3 is 1.32 bits per heavy atom. The predicted octanol–water partition coefficient (Wildman–Crippen LogP) is 11.0. The molecule has 47 heavy (non-hydrogen) atoms. The minimum atomic E-state index is -0.0435. The zero-order valence-corrected chi connectivity index (χ0v) is 28.7. The summed E-state index contributed by atoms with van der Waals surface area (Å²) in [5.41, 5.74) is 7.74. The number of aromatic nitrogens is 4. The van der Waals surface area contributed by atoms with E-state index in [0.717, 1.165) is 40.1 Å². The van der Waals surface area contributed by atoms with Gasteiger partial charge < -0.3 is 0 Å². The van der Waals surface area contributed by atoms with Gasteiger partial charge in [0.2, 0.25) is 0 Å². The average Bonchev–Trinajstić information content (AvgIpc) is 3.61. The molecule has 7 rings (SSSR count). The fourth-order valence-electron chi connectivity index (χ4n) is 6.40. The topological polar surface area (TPSA) is 38.9 Å². The van der Waals surface area contributed by atoms with E-state index >= 15 is 0 Å². The molecule has 0 bridgehead atoms. The van der Waals surface area contributed by atoms with Crippen molar-refractivity contribution in [1.82, 2.24) is 19.6 Å². The van der Waals surface area contributed by atoms with Crippen molar-refractivity contribution in [2.24, 2.45) is 0 Å². The molecule has 0 fully saturated rings. The van der Waals surface area contributed by atoms with Crippen LogP contribution in [0.3, 0.4) is 0 Å². The van der Waals surface area contributed by atoms with Gasteiger partial charge in [0.05, 0.1) is 11.4 Å². The number of hydrogen-bond donors (Lipinski definition) is 0. The second-order valence-electron chi connectivity index (χ2n) is 14.7. The molecule has 5 heteroatoms. The fraction of sp³-hybridized carbons (Fsp3) is 0.238. The van der Waals surface area contributed by atoms with Gasteiger partial charge in [0.1, 0.15) is 0 Å². The minimum absolute atomic E-state index is 0.0435. The van der Waals surface area contributed by atoms with E-state index < -0.39 is 0 Å². The lowest BCUT2D eigenvalue weighted by molar-refractivity contribution is 0.568. The van der Waals surface area contributed by atoms with Crippen LogP contribution in [-0.4, -0.2) is 19.6 Å². The van der Waals surface area contributed by atoms with Gasteiger partial charge in [-0.25, -0.2) is 9.36 Å². The highest BCUT2D eigenvalue weighted by atomic mass is 15.4. The van der Waals surface area contributed by atoms with Crippen LogP contribution in [-0.2, 0) is 10.8 Å². The highest BCUT2D eigenvalue weighted by Gasteiger charge is 2.27. The van der Waals surface area contributed by atoms with Crippen molar-refractivity contribution in [2.75, 3.05) is 4.90 Å². The zero-order chi connectivity index (χ0) is 33.1. The molecule has 7 aromatic rings. The van der Waals surface area contributed by atoms with E-state index in [9.17, 15) is 0 Å². The van der Waals surface area contributed by atoms with Gasteiger partial charge in [-0.3, -0.25) is 4.90 Å². The number of nitrogens with zero attached hydrogens (tertiary/aromatic N) is 5. The summed E-state index contributed by atoms with van der Waals surface area (Å²) in [5.74, 6) is 1.65. The molecule has 0 amide bonds. The van der Waals surface area contributed by atoms with Crippen LogP contribution in [0.25, 0.3) is 32.9 Å². The van der Waals surface area contributed by atoms with Gasteiger partial charge in [-0.2, -0.15) is 0 Å². The first-order valence-corrected chi connectivity index (χ1v) is 16.4. The third kappa shape index (κ3) is 5.61. The second-order valence-corrected chi connectivity index (χ2v) is 14.7. The Labute approximate surface area is 278 Å². The number of fused-ring (bicyclic) bond motifs is 2. The Morgan fingerprint density at radius 1 is 0.489 bits per heavy atom. The van der Waals surface area contributed by atoms with E-state index in [4.69, 9.17) is 10.2 Å². The average molecular weight is 618 g/mol. The monoisotopic (exact) mass is 617 g/mol. The lowest BCUT2D eigenvalue weighted by Gasteiger charge is -2.29. The summed E-state index contributed by atoms with van der Waals surface area (Å²) >= 11 is 0. The number of anilines is 3. The number of hydrogen-bond acceptors (Lipinski definition) is 3. The second kappa shape index (κ2) is 11.3. The van der Waals surface area contributed by atoms with Gasteiger partial charge >= 0.3 is 0 Å². The molecule has 0 radical (unpaired) electrons. The molecule has 0 saturated carbocycles. The molecule has 5 aromatic carbocycles. The van der Waals surface area contributed by atoms with E-state index in [0.29, 0.717) is 0 Å². The van der Waals surface area contributed by atoms with Gasteiger partial charge in [-0.05, 0) is 70.8 Å². The quantitative estimate of drug-likeness (QED) is 0.193. The van der Waals surface area contributed by atoms with Crippen LogP contribution < -0.4 is 4.90 Å². The van der Waals surface area contributed by atoms with Crippen molar-refractivity contribution < 1.29 is 0 Å². The van der Waals surface area contributed by atoms with Gasteiger partial charge in [-0.1, -0.05) is 120 Å². The van der Waals surface area contributed by atoms with E-state index in [2.05, 4.69) is 185 Å². The van der Waals surface area contributed by atoms with Crippen LogP contribution in [0.5, 0.6) is 0 Å². The lowest BCUT2D eigenvalue weighted by atomic mass is 9.80. The summed E-state index contributed by atoms with van der Waals surface area (Å²) in [4.78, 5) is 2.23. The molecule has 0 N–H and O–H groups in total.